The number of likely N-dealkylation sites (tertiary alicyclic amines) is 1. The van der Waals surface area contributed by atoms with E-state index in [4.69, 9.17) is 0 Å². The van der Waals surface area contributed by atoms with Crippen molar-refractivity contribution in [1.82, 2.24) is 15.1 Å². The summed E-state index contributed by atoms with van der Waals surface area (Å²) in [6.07, 6.45) is 5.40. The molecule has 2 aromatic carbocycles. The Morgan fingerprint density at radius 3 is 2.63 bits per heavy atom. The summed E-state index contributed by atoms with van der Waals surface area (Å²) in [4.78, 5) is 41.5. The summed E-state index contributed by atoms with van der Waals surface area (Å²) in [6.45, 7) is 0.876. The molecule has 5 rings (SSSR count). The number of hydrogen-bond acceptors (Lipinski definition) is 3. The molecule has 30 heavy (non-hydrogen) atoms. The summed E-state index contributed by atoms with van der Waals surface area (Å²) in [5.74, 6) is -0.136. The van der Waals surface area contributed by atoms with Crippen molar-refractivity contribution in [3.8, 4) is 0 Å². The predicted octanol–water partition coefficient (Wildman–Crippen LogP) is 3.76. The van der Waals surface area contributed by atoms with Crippen LogP contribution in [0.4, 0.5) is 4.79 Å². The summed E-state index contributed by atoms with van der Waals surface area (Å²) in [5.41, 5.74) is 0.470. The van der Waals surface area contributed by atoms with Gasteiger partial charge in [0.1, 0.15) is 5.54 Å². The van der Waals surface area contributed by atoms with E-state index in [2.05, 4.69) is 29.6 Å². The third-order valence-electron chi connectivity index (χ3n) is 7.01. The number of carbonyl (C=O) groups excluding carboxylic acids is 3. The monoisotopic (exact) mass is 405 g/mol. The second kappa shape index (κ2) is 7.42. The van der Waals surface area contributed by atoms with Gasteiger partial charge in [0, 0.05) is 19.5 Å². The lowest BCUT2D eigenvalue weighted by molar-refractivity contribution is -0.134. The van der Waals surface area contributed by atoms with Crippen LogP contribution in [0.1, 0.15) is 56.6 Å². The first-order valence-electron chi connectivity index (χ1n) is 11.0. The summed E-state index contributed by atoms with van der Waals surface area (Å²) in [6, 6.07) is 14.2. The van der Waals surface area contributed by atoms with E-state index < -0.39 is 5.54 Å². The first-order valence-corrected chi connectivity index (χ1v) is 11.0. The molecule has 2 saturated heterocycles. The van der Waals surface area contributed by atoms with Gasteiger partial charge in [-0.15, -0.1) is 0 Å². The lowest BCUT2D eigenvalue weighted by Crippen LogP contribution is -2.44. The van der Waals surface area contributed by atoms with Crippen molar-refractivity contribution in [2.45, 2.75) is 56.5 Å². The van der Waals surface area contributed by atoms with Crippen molar-refractivity contribution in [2.24, 2.45) is 0 Å². The molecule has 1 aliphatic carbocycles. The zero-order chi connectivity index (χ0) is 20.7. The average Bonchev–Trinajstić information content (AvgIpc) is 3.48. The van der Waals surface area contributed by atoms with Crippen LogP contribution >= 0.6 is 0 Å². The number of carbonyl (C=O) groups is 3. The number of amides is 4. The fourth-order valence-corrected chi connectivity index (χ4v) is 5.48. The lowest BCUT2D eigenvalue weighted by Gasteiger charge is -2.27. The number of benzene rings is 2. The molecule has 2 aromatic rings. The number of nitrogens with one attached hydrogen (secondary N) is 1. The van der Waals surface area contributed by atoms with Gasteiger partial charge < -0.3 is 10.2 Å². The van der Waals surface area contributed by atoms with E-state index in [9.17, 15) is 14.4 Å². The first kappa shape index (κ1) is 19.1. The normalized spacial score (nSPS) is 23.0. The molecule has 4 amide bonds. The summed E-state index contributed by atoms with van der Waals surface area (Å²) < 4.78 is 0. The van der Waals surface area contributed by atoms with Crippen LogP contribution in [0, 0.1) is 0 Å². The molecule has 1 saturated carbocycles. The van der Waals surface area contributed by atoms with E-state index in [1.54, 1.807) is 0 Å². The molecule has 0 aromatic heterocycles. The van der Waals surface area contributed by atoms with Crippen molar-refractivity contribution in [3.05, 3.63) is 48.0 Å². The van der Waals surface area contributed by atoms with Crippen LogP contribution in [-0.2, 0) is 9.59 Å². The van der Waals surface area contributed by atoms with Gasteiger partial charge in [0.2, 0.25) is 5.91 Å². The van der Waals surface area contributed by atoms with Gasteiger partial charge in [-0.2, -0.15) is 0 Å². The zero-order valence-corrected chi connectivity index (χ0v) is 17.1. The number of imide groups is 1. The van der Waals surface area contributed by atoms with Crippen molar-refractivity contribution >= 4 is 28.6 Å². The Morgan fingerprint density at radius 1 is 1.03 bits per heavy atom. The fourth-order valence-electron chi connectivity index (χ4n) is 5.48. The number of fused-ring (bicyclic) bond motifs is 1. The Bertz CT molecular complexity index is 1010. The second-order valence-corrected chi connectivity index (χ2v) is 8.74. The van der Waals surface area contributed by atoms with Crippen molar-refractivity contribution in [3.63, 3.8) is 0 Å². The Labute approximate surface area is 176 Å². The molecule has 1 unspecified atom stereocenters. The summed E-state index contributed by atoms with van der Waals surface area (Å²) in [7, 11) is 0. The highest BCUT2D eigenvalue weighted by molar-refractivity contribution is 6.07. The van der Waals surface area contributed by atoms with Crippen LogP contribution in [0.5, 0.6) is 0 Å². The predicted molar refractivity (Wildman–Crippen MR) is 114 cm³/mol. The maximum Gasteiger partial charge on any atom is 0.325 e. The van der Waals surface area contributed by atoms with Gasteiger partial charge in [-0.3, -0.25) is 14.5 Å². The molecule has 1 N–H and O–H groups in total. The highest BCUT2D eigenvalue weighted by Gasteiger charge is 2.52. The number of hydrogen-bond donors (Lipinski definition) is 1. The van der Waals surface area contributed by atoms with Crippen molar-refractivity contribution < 1.29 is 14.4 Å². The largest absolute Gasteiger partial charge is 0.336 e. The Kier molecular flexibility index (Phi) is 4.72. The van der Waals surface area contributed by atoms with Gasteiger partial charge in [0.25, 0.3) is 5.91 Å². The lowest BCUT2D eigenvalue weighted by atomic mass is 9.97. The van der Waals surface area contributed by atoms with Crippen LogP contribution in [0.15, 0.2) is 42.5 Å². The maximum atomic E-state index is 13.1. The molecule has 6 heteroatoms. The molecule has 1 atom stereocenters. The van der Waals surface area contributed by atoms with Crippen LogP contribution in [0.25, 0.3) is 10.8 Å². The van der Waals surface area contributed by atoms with Gasteiger partial charge in [0.15, 0.2) is 0 Å². The molecule has 3 aliphatic rings. The quantitative estimate of drug-likeness (QED) is 0.788. The van der Waals surface area contributed by atoms with Gasteiger partial charge in [-0.25, -0.2) is 4.79 Å². The van der Waals surface area contributed by atoms with Crippen LogP contribution in [0.2, 0.25) is 0 Å². The highest BCUT2D eigenvalue weighted by Crippen LogP contribution is 2.37. The standard InChI is InChI=1S/C24H27N3O3/c28-21(12-16-27-22(29)24(25-23(27)30)13-3-4-14-24)26-15-6-11-20(26)19-10-5-8-17-7-1-2-9-18(17)19/h1-2,5,7-10,20H,3-4,6,11-16H2,(H,25,30). The minimum Gasteiger partial charge on any atom is -0.336 e. The van der Waals surface area contributed by atoms with E-state index >= 15 is 0 Å². The Hall–Kier alpha value is -2.89. The molecule has 1 spiro atoms. The molecular weight excluding hydrogens is 378 g/mol. The topological polar surface area (TPSA) is 69.7 Å². The second-order valence-electron chi connectivity index (χ2n) is 8.74. The molecule has 2 aliphatic heterocycles. The zero-order valence-electron chi connectivity index (χ0n) is 17.1. The van der Waals surface area contributed by atoms with Crippen LogP contribution in [0.3, 0.4) is 0 Å². The molecule has 6 nitrogen and oxygen atoms in total. The van der Waals surface area contributed by atoms with Gasteiger partial charge in [0.05, 0.1) is 6.04 Å². The SMILES string of the molecule is O=C1NC2(CCCC2)C(=O)N1CCC(=O)N1CCCC1c1cccc2ccccc12. The molecule has 2 heterocycles. The van der Waals surface area contributed by atoms with E-state index in [1.807, 2.05) is 23.1 Å². The molecule has 0 bridgehead atoms. The Morgan fingerprint density at radius 2 is 1.80 bits per heavy atom. The maximum absolute atomic E-state index is 13.1. The van der Waals surface area contributed by atoms with E-state index in [-0.39, 0.29) is 36.9 Å². The number of rotatable bonds is 4. The minimum atomic E-state index is -0.709. The van der Waals surface area contributed by atoms with Gasteiger partial charge in [-0.1, -0.05) is 55.3 Å². The molecule has 0 radical (unpaired) electrons. The molecular formula is C24H27N3O3. The number of nitrogens with zero attached hydrogens (tertiary/aromatic N) is 2. The fraction of sp³-hybridized carbons (Fsp3) is 0.458. The van der Waals surface area contributed by atoms with Crippen LogP contribution < -0.4 is 5.32 Å². The Balaban J connectivity index is 1.30. The smallest absolute Gasteiger partial charge is 0.325 e. The van der Waals surface area contributed by atoms with E-state index in [0.717, 1.165) is 32.2 Å². The van der Waals surface area contributed by atoms with Gasteiger partial charge >= 0.3 is 6.03 Å². The third-order valence-corrected chi connectivity index (χ3v) is 7.01. The highest BCUT2D eigenvalue weighted by atomic mass is 16.2. The van der Waals surface area contributed by atoms with Crippen molar-refractivity contribution in [2.75, 3.05) is 13.1 Å². The van der Waals surface area contributed by atoms with Crippen molar-refractivity contribution in [1.29, 1.82) is 0 Å². The molecule has 156 valence electrons. The summed E-state index contributed by atoms with van der Waals surface area (Å²) in [5, 5.41) is 5.25. The summed E-state index contributed by atoms with van der Waals surface area (Å²) >= 11 is 0. The molecule has 3 fully saturated rings. The minimum absolute atomic E-state index is 0.0124. The third kappa shape index (κ3) is 3.06. The van der Waals surface area contributed by atoms with E-state index in [0.29, 0.717) is 12.8 Å². The number of urea groups is 1. The first-order chi connectivity index (χ1) is 14.6. The van der Waals surface area contributed by atoms with E-state index in [1.165, 1.54) is 21.2 Å². The van der Waals surface area contributed by atoms with Crippen LogP contribution in [-0.4, -0.2) is 46.3 Å². The van der Waals surface area contributed by atoms with Gasteiger partial charge in [-0.05, 0) is 42.0 Å². The average molecular weight is 405 g/mol.